The Morgan fingerprint density at radius 1 is 1.05 bits per heavy atom. The number of benzene rings is 2. The molecule has 0 saturated carbocycles. The zero-order valence-electron chi connectivity index (χ0n) is 21.7. The molecule has 0 aliphatic heterocycles. The van der Waals surface area contributed by atoms with Gasteiger partial charge in [-0.1, -0.05) is 6.07 Å². The quantitative estimate of drug-likeness (QED) is 0.217. The predicted molar refractivity (Wildman–Crippen MR) is 139 cm³/mol. The van der Waals surface area contributed by atoms with E-state index in [2.05, 4.69) is 20.5 Å². The van der Waals surface area contributed by atoms with Crippen molar-refractivity contribution in [2.24, 2.45) is 0 Å². The van der Waals surface area contributed by atoms with E-state index in [0.29, 0.717) is 31.2 Å². The van der Waals surface area contributed by atoms with Gasteiger partial charge in [-0.3, -0.25) is 9.89 Å². The summed E-state index contributed by atoms with van der Waals surface area (Å²) in [6, 6.07) is 4.49. The number of carbonyl (C=O) groups is 1. The van der Waals surface area contributed by atoms with E-state index in [1.54, 1.807) is 0 Å². The Morgan fingerprint density at radius 2 is 1.80 bits per heavy atom. The molecule has 0 radical (unpaired) electrons. The highest BCUT2D eigenvalue weighted by Crippen LogP contribution is 2.34. The van der Waals surface area contributed by atoms with Crippen LogP contribution in [0.5, 0.6) is 5.88 Å². The number of hydrogen-bond donors (Lipinski definition) is 2. The second-order valence-corrected chi connectivity index (χ2v) is 11.1. The van der Waals surface area contributed by atoms with Crippen molar-refractivity contribution in [2.45, 2.75) is 17.1 Å². The molecule has 4 aromatic rings. The minimum atomic E-state index is -4.47. The summed E-state index contributed by atoms with van der Waals surface area (Å²) in [6.07, 6.45) is 1.43. The third-order valence-corrected chi connectivity index (χ3v) is 7.68. The number of halogens is 4. The lowest BCUT2D eigenvalue weighted by molar-refractivity contribution is 0.0949. The molecule has 212 valence electrons. The number of aromatic amines is 1. The number of nitrogens with zero attached hydrogens (tertiary/aromatic N) is 3. The van der Waals surface area contributed by atoms with Crippen molar-refractivity contribution in [2.75, 3.05) is 34.3 Å². The van der Waals surface area contributed by atoms with Crippen LogP contribution in [-0.4, -0.2) is 68.7 Å². The molecule has 2 heterocycles. The van der Waals surface area contributed by atoms with E-state index in [1.807, 2.05) is 19.0 Å². The predicted octanol–water partition coefficient (Wildman–Crippen LogP) is 3.85. The number of carbonyl (C=O) groups excluding carboxylic acids is 1. The van der Waals surface area contributed by atoms with Crippen LogP contribution in [0.3, 0.4) is 0 Å². The summed E-state index contributed by atoms with van der Waals surface area (Å²) in [5.74, 6) is -6.29. The van der Waals surface area contributed by atoms with E-state index >= 15 is 8.78 Å². The number of methoxy groups -OCH3 is 1. The molecule has 9 nitrogen and oxygen atoms in total. The molecule has 1 amide bonds. The molecule has 2 aromatic heterocycles. The number of sulfone groups is 1. The Labute approximate surface area is 227 Å². The third-order valence-electron chi connectivity index (χ3n) is 6.02. The van der Waals surface area contributed by atoms with Gasteiger partial charge in [0.15, 0.2) is 15.7 Å². The lowest BCUT2D eigenvalue weighted by Gasteiger charge is -2.12. The van der Waals surface area contributed by atoms with Crippen LogP contribution < -0.4 is 10.1 Å². The lowest BCUT2D eigenvalue weighted by Crippen LogP contribution is -2.27. The monoisotopic (exact) mass is 579 g/mol. The summed E-state index contributed by atoms with van der Waals surface area (Å²) in [5.41, 5.74) is -1.89. The van der Waals surface area contributed by atoms with Gasteiger partial charge in [-0.05, 0) is 51.3 Å². The van der Waals surface area contributed by atoms with Gasteiger partial charge >= 0.3 is 0 Å². The highest BCUT2D eigenvalue weighted by molar-refractivity contribution is 7.90. The van der Waals surface area contributed by atoms with Crippen molar-refractivity contribution in [3.63, 3.8) is 0 Å². The van der Waals surface area contributed by atoms with Gasteiger partial charge in [0, 0.05) is 28.6 Å². The number of pyridine rings is 1. The Kier molecular flexibility index (Phi) is 8.40. The van der Waals surface area contributed by atoms with Gasteiger partial charge in [0.05, 0.1) is 19.1 Å². The van der Waals surface area contributed by atoms with E-state index in [0.717, 1.165) is 25.9 Å². The van der Waals surface area contributed by atoms with Crippen molar-refractivity contribution < 1.29 is 35.5 Å². The van der Waals surface area contributed by atoms with Crippen LogP contribution in [0.15, 0.2) is 41.4 Å². The maximum absolute atomic E-state index is 15.6. The first kappa shape index (κ1) is 29.0. The van der Waals surface area contributed by atoms with Gasteiger partial charge < -0.3 is 15.0 Å². The number of rotatable bonds is 10. The summed E-state index contributed by atoms with van der Waals surface area (Å²) >= 11 is 0. The van der Waals surface area contributed by atoms with E-state index in [-0.39, 0.29) is 16.6 Å². The van der Waals surface area contributed by atoms with Crippen LogP contribution in [0.1, 0.15) is 22.5 Å². The van der Waals surface area contributed by atoms with Gasteiger partial charge in [-0.2, -0.15) is 5.10 Å². The molecule has 40 heavy (non-hydrogen) atoms. The van der Waals surface area contributed by atoms with E-state index in [1.165, 1.54) is 6.07 Å². The smallest absolute Gasteiger partial charge is 0.269 e. The normalized spacial score (nSPS) is 11.8. The molecule has 0 aliphatic carbocycles. The summed E-state index contributed by atoms with van der Waals surface area (Å²) < 4.78 is 90.2. The zero-order valence-corrected chi connectivity index (χ0v) is 22.5. The fourth-order valence-electron chi connectivity index (χ4n) is 4.13. The third kappa shape index (κ3) is 5.92. The number of amides is 1. The molecule has 14 heteroatoms. The van der Waals surface area contributed by atoms with Gasteiger partial charge in [0.2, 0.25) is 5.88 Å². The maximum Gasteiger partial charge on any atom is 0.269 e. The van der Waals surface area contributed by atoms with Crippen molar-refractivity contribution in [3.8, 4) is 17.0 Å². The minimum Gasteiger partial charge on any atom is -0.480 e. The van der Waals surface area contributed by atoms with E-state index in [4.69, 9.17) is 4.74 Å². The van der Waals surface area contributed by atoms with Crippen LogP contribution in [0.2, 0.25) is 0 Å². The molecule has 4 rings (SSSR count). The molecule has 0 fully saturated rings. The Bertz CT molecular complexity index is 1690. The second kappa shape index (κ2) is 11.6. The van der Waals surface area contributed by atoms with Gasteiger partial charge in [-0.15, -0.1) is 0 Å². The fourth-order valence-corrected chi connectivity index (χ4v) is 5.60. The van der Waals surface area contributed by atoms with Crippen molar-refractivity contribution in [1.82, 2.24) is 25.4 Å². The van der Waals surface area contributed by atoms with E-state index < -0.39 is 72.2 Å². The SMILES string of the molecule is COc1ncc(F)cc1S(=O)(=O)Cc1cc(F)cc(-c2ccc3c(C(=O)NCCCN(C)C)[nH]nc3c2F)c1F. The van der Waals surface area contributed by atoms with Crippen LogP contribution in [0, 0.1) is 23.3 Å². The molecular formula is C26H25F4N5O4S. The van der Waals surface area contributed by atoms with Crippen molar-refractivity contribution in [3.05, 3.63) is 71.1 Å². The minimum absolute atomic E-state index is 0.00514. The summed E-state index contributed by atoms with van der Waals surface area (Å²) in [5, 5.41) is 9.15. The topological polar surface area (TPSA) is 117 Å². The molecule has 0 saturated heterocycles. The number of H-pyrrole nitrogens is 1. The largest absolute Gasteiger partial charge is 0.480 e. The fraction of sp³-hybridized carbons (Fsp3) is 0.269. The second-order valence-electron chi connectivity index (χ2n) is 9.18. The Morgan fingerprint density at radius 3 is 2.50 bits per heavy atom. The first-order chi connectivity index (χ1) is 18.9. The number of aromatic nitrogens is 3. The lowest BCUT2D eigenvalue weighted by atomic mass is 10.00. The van der Waals surface area contributed by atoms with Crippen molar-refractivity contribution >= 4 is 26.6 Å². The number of fused-ring (bicyclic) bond motifs is 1. The Balaban J connectivity index is 1.68. The molecule has 0 atom stereocenters. The molecule has 0 bridgehead atoms. The average molecular weight is 580 g/mol. The summed E-state index contributed by atoms with van der Waals surface area (Å²) in [7, 11) is 0.436. The van der Waals surface area contributed by atoms with Crippen molar-refractivity contribution in [1.29, 1.82) is 0 Å². The number of hydrogen-bond acceptors (Lipinski definition) is 7. The zero-order chi connectivity index (χ0) is 29.2. The van der Waals surface area contributed by atoms with Crippen LogP contribution in [0.25, 0.3) is 22.0 Å². The number of ether oxygens (including phenoxy) is 1. The molecule has 0 aliphatic rings. The molecule has 0 unspecified atom stereocenters. The van der Waals surface area contributed by atoms with E-state index in [9.17, 15) is 22.0 Å². The maximum atomic E-state index is 15.6. The first-order valence-electron chi connectivity index (χ1n) is 11.9. The highest BCUT2D eigenvalue weighted by Gasteiger charge is 2.27. The average Bonchev–Trinajstić information content (AvgIpc) is 3.34. The standard InChI is InChI=1S/C26H25F4N5O4S/c1-35(2)8-4-7-31-25(36)24-18-6-5-17(22(30)23(18)33-34-24)19-10-15(27)9-14(21(19)29)13-40(37,38)20-11-16(28)12-32-26(20)39-3/h5-6,9-12H,4,7-8,13H2,1-3H3,(H,31,36)(H,33,34). The molecule has 2 aromatic carbocycles. The highest BCUT2D eigenvalue weighted by atomic mass is 32.2. The van der Waals surface area contributed by atoms with Crippen LogP contribution >= 0.6 is 0 Å². The van der Waals surface area contributed by atoms with Crippen LogP contribution in [-0.2, 0) is 15.6 Å². The van der Waals surface area contributed by atoms with Gasteiger partial charge in [0.25, 0.3) is 5.91 Å². The summed E-state index contributed by atoms with van der Waals surface area (Å²) in [4.78, 5) is 17.4. The van der Waals surface area contributed by atoms with Gasteiger partial charge in [-0.25, -0.2) is 31.0 Å². The van der Waals surface area contributed by atoms with Gasteiger partial charge in [0.1, 0.15) is 33.6 Å². The molecule has 2 N–H and O–H groups in total. The first-order valence-corrected chi connectivity index (χ1v) is 13.6. The molecular weight excluding hydrogens is 554 g/mol. The van der Waals surface area contributed by atoms with Crippen LogP contribution in [0.4, 0.5) is 17.6 Å². The summed E-state index contributed by atoms with van der Waals surface area (Å²) in [6.45, 7) is 1.12. The number of nitrogens with one attached hydrogen (secondary N) is 2. The Hall–Kier alpha value is -4.04. The molecule has 0 spiro atoms.